The molecular weight excluding hydrogens is 384 g/mol. The molecule has 9 heteroatoms. The van der Waals surface area contributed by atoms with Crippen LogP contribution in [0.25, 0.3) is 0 Å². The van der Waals surface area contributed by atoms with E-state index in [9.17, 15) is 14.9 Å². The van der Waals surface area contributed by atoms with Crippen LogP contribution in [0.3, 0.4) is 0 Å². The van der Waals surface area contributed by atoms with Gasteiger partial charge >= 0.3 is 5.69 Å². The van der Waals surface area contributed by atoms with Crippen LogP contribution in [0.5, 0.6) is 0 Å². The number of nitro groups is 1. The monoisotopic (exact) mass is 388 g/mol. The van der Waals surface area contributed by atoms with Gasteiger partial charge in [-0.3, -0.25) is 20.0 Å². The Balaban J connectivity index is 2.26. The van der Waals surface area contributed by atoms with E-state index >= 15 is 0 Å². The van der Waals surface area contributed by atoms with Crippen LogP contribution in [0, 0.1) is 10.1 Å². The number of amides is 1. The van der Waals surface area contributed by atoms with Crippen molar-refractivity contribution in [2.24, 2.45) is 0 Å². The van der Waals surface area contributed by atoms with E-state index < -0.39 is 10.8 Å². The van der Waals surface area contributed by atoms with Crippen molar-refractivity contribution >= 4 is 49.1 Å². The maximum Gasteiger partial charge on any atom is 0.319 e. The fourth-order valence-corrected chi connectivity index (χ4v) is 2.51. The molecule has 19 heavy (non-hydrogen) atoms. The number of nitrogens with one attached hydrogen (secondary N) is 2. The summed E-state index contributed by atoms with van der Waals surface area (Å²) in [5, 5.41) is 19.1. The lowest BCUT2D eigenvalue weighted by Gasteiger charge is -2.06. The largest absolute Gasteiger partial charge is 0.319 e. The number of aromatic nitrogens is 2. The van der Waals surface area contributed by atoms with Crippen LogP contribution in [0.2, 0.25) is 0 Å². The summed E-state index contributed by atoms with van der Waals surface area (Å²) >= 11 is 6.57. The van der Waals surface area contributed by atoms with Gasteiger partial charge in [-0.2, -0.15) is 5.10 Å². The van der Waals surface area contributed by atoms with Crippen molar-refractivity contribution in [2.45, 2.75) is 0 Å². The summed E-state index contributed by atoms with van der Waals surface area (Å²) in [5.74, 6) is -0.632. The van der Waals surface area contributed by atoms with E-state index in [0.717, 1.165) is 10.7 Å². The van der Waals surface area contributed by atoms with Gasteiger partial charge in [-0.1, -0.05) is 15.9 Å². The van der Waals surface area contributed by atoms with Crippen molar-refractivity contribution in [1.29, 1.82) is 0 Å². The van der Waals surface area contributed by atoms with Crippen LogP contribution in [0.15, 0.2) is 33.3 Å². The number of anilines is 1. The zero-order valence-electron chi connectivity index (χ0n) is 9.18. The molecule has 0 aliphatic heterocycles. The molecule has 0 radical (unpaired) electrons. The molecule has 98 valence electrons. The molecule has 2 N–H and O–H groups in total. The van der Waals surface area contributed by atoms with Crippen LogP contribution in [-0.4, -0.2) is 21.0 Å². The van der Waals surface area contributed by atoms with Gasteiger partial charge in [0, 0.05) is 8.95 Å². The summed E-state index contributed by atoms with van der Waals surface area (Å²) in [4.78, 5) is 21.9. The molecule has 2 rings (SSSR count). The molecule has 1 amide bonds. The molecule has 0 aliphatic rings. The first kappa shape index (κ1) is 13.7. The number of aromatic amines is 1. The summed E-state index contributed by atoms with van der Waals surface area (Å²) in [6.45, 7) is 0. The number of hydrogen-bond acceptors (Lipinski definition) is 4. The van der Waals surface area contributed by atoms with Crippen LogP contribution in [-0.2, 0) is 0 Å². The van der Waals surface area contributed by atoms with Crippen molar-refractivity contribution in [1.82, 2.24) is 10.2 Å². The number of nitrogens with zero attached hydrogens (tertiary/aromatic N) is 2. The molecule has 0 aliphatic carbocycles. The fourth-order valence-electron chi connectivity index (χ4n) is 1.36. The number of hydrogen-bond donors (Lipinski definition) is 2. The summed E-state index contributed by atoms with van der Waals surface area (Å²) in [7, 11) is 0. The standard InChI is InChI=1S/C10H6Br2N4O3/c11-5-1-2-7(6(12)3-5)14-10(17)9-8(16(18)19)4-13-15-9/h1-4H,(H,13,15)(H,14,17). The topological polar surface area (TPSA) is 101 Å². The molecule has 0 bridgehead atoms. The van der Waals surface area contributed by atoms with Gasteiger partial charge in [-0.15, -0.1) is 0 Å². The molecule has 0 saturated carbocycles. The van der Waals surface area contributed by atoms with Gasteiger partial charge in [0.05, 0.1) is 10.6 Å². The van der Waals surface area contributed by atoms with E-state index in [0.29, 0.717) is 10.2 Å². The first-order chi connectivity index (χ1) is 8.99. The van der Waals surface area contributed by atoms with Gasteiger partial charge in [-0.05, 0) is 34.1 Å². The lowest BCUT2D eigenvalue weighted by molar-refractivity contribution is -0.385. The molecule has 2 aromatic rings. The summed E-state index contributed by atoms with van der Waals surface area (Å²) in [6, 6.07) is 5.15. The lowest BCUT2D eigenvalue weighted by Crippen LogP contribution is -2.14. The Labute approximate surface area is 123 Å². The third kappa shape index (κ3) is 2.99. The summed E-state index contributed by atoms with van der Waals surface area (Å²) in [5.41, 5.74) is -0.0670. The van der Waals surface area contributed by atoms with Crippen molar-refractivity contribution in [3.05, 3.63) is 49.1 Å². The average Bonchev–Trinajstić information content (AvgIpc) is 2.82. The molecule has 0 saturated heterocycles. The second-order valence-corrected chi connectivity index (χ2v) is 5.24. The molecule has 7 nitrogen and oxygen atoms in total. The Kier molecular flexibility index (Phi) is 3.96. The molecule has 1 aromatic heterocycles. The number of rotatable bonds is 3. The minimum absolute atomic E-state index is 0.195. The van der Waals surface area contributed by atoms with Crippen molar-refractivity contribution < 1.29 is 9.72 Å². The third-order valence-electron chi connectivity index (χ3n) is 2.22. The van der Waals surface area contributed by atoms with Gasteiger partial charge in [0.25, 0.3) is 5.91 Å². The van der Waals surface area contributed by atoms with Crippen molar-refractivity contribution in [3.63, 3.8) is 0 Å². The van der Waals surface area contributed by atoms with E-state index in [2.05, 4.69) is 47.4 Å². The second-order valence-electron chi connectivity index (χ2n) is 3.47. The number of carbonyl (C=O) groups is 1. The second kappa shape index (κ2) is 5.49. The highest BCUT2D eigenvalue weighted by atomic mass is 79.9. The van der Waals surface area contributed by atoms with Crippen LogP contribution >= 0.6 is 31.9 Å². The van der Waals surface area contributed by atoms with E-state index in [-0.39, 0.29) is 11.4 Å². The Morgan fingerprint density at radius 1 is 1.42 bits per heavy atom. The Morgan fingerprint density at radius 2 is 2.16 bits per heavy atom. The van der Waals surface area contributed by atoms with Gasteiger partial charge in [0.15, 0.2) is 0 Å². The predicted molar refractivity (Wildman–Crippen MR) is 75.0 cm³/mol. The Hall–Kier alpha value is -1.74. The fraction of sp³-hybridized carbons (Fsp3) is 0. The van der Waals surface area contributed by atoms with Gasteiger partial charge < -0.3 is 5.32 Å². The highest BCUT2D eigenvalue weighted by Gasteiger charge is 2.23. The van der Waals surface area contributed by atoms with E-state index in [1.54, 1.807) is 18.2 Å². The van der Waals surface area contributed by atoms with Crippen LogP contribution < -0.4 is 5.32 Å². The minimum atomic E-state index is -0.672. The average molecular weight is 390 g/mol. The highest BCUT2D eigenvalue weighted by molar-refractivity contribution is 9.11. The third-order valence-corrected chi connectivity index (χ3v) is 3.37. The number of halogens is 2. The smallest absolute Gasteiger partial charge is 0.319 e. The number of benzene rings is 1. The van der Waals surface area contributed by atoms with Gasteiger partial charge in [0.1, 0.15) is 6.20 Å². The van der Waals surface area contributed by atoms with E-state index in [4.69, 9.17) is 0 Å². The summed E-state index contributed by atoms with van der Waals surface area (Å²) in [6.07, 6.45) is 0.992. The SMILES string of the molecule is O=C(Nc1ccc(Br)cc1Br)c1[nH]ncc1[N+](=O)[O-]. The zero-order chi connectivity index (χ0) is 14.0. The summed E-state index contributed by atoms with van der Waals surface area (Å²) < 4.78 is 1.49. The molecule has 1 aromatic carbocycles. The maximum absolute atomic E-state index is 11.9. The molecule has 0 spiro atoms. The molecular formula is C10H6Br2N4O3. The molecule has 0 fully saturated rings. The number of carbonyl (C=O) groups excluding carboxylic acids is 1. The van der Waals surface area contributed by atoms with Gasteiger partial charge in [-0.25, -0.2) is 0 Å². The van der Waals surface area contributed by atoms with Crippen LogP contribution in [0.1, 0.15) is 10.5 Å². The predicted octanol–water partition coefficient (Wildman–Crippen LogP) is 3.10. The first-order valence-corrected chi connectivity index (χ1v) is 6.52. The molecule has 1 heterocycles. The quantitative estimate of drug-likeness (QED) is 0.622. The normalized spacial score (nSPS) is 10.2. The first-order valence-electron chi connectivity index (χ1n) is 4.93. The lowest BCUT2D eigenvalue weighted by atomic mass is 10.3. The Bertz CT molecular complexity index is 656. The molecule has 0 atom stereocenters. The van der Waals surface area contributed by atoms with Crippen LogP contribution in [0.4, 0.5) is 11.4 Å². The van der Waals surface area contributed by atoms with Gasteiger partial charge in [0.2, 0.25) is 5.69 Å². The zero-order valence-corrected chi connectivity index (χ0v) is 12.4. The maximum atomic E-state index is 11.9. The number of H-pyrrole nitrogens is 1. The van der Waals surface area contributed by atoms with Crippen molar-refractivity contribution in [2.75, 3.05) is 5.32 Å². The Morgan fingerprint density at radius 3 is 2.79 bits per heavy atom. The highest BCUT2D eigenvalue weighted by Crippen LogP contribution is 2.27. The molecule has 0 unspecified atom stereocenters. The minimum Gasteiger partial charge on any atom is -0.319 e. The van der Waals surface area contributed by atoms with E-state index in [1.165, 1.54) is 0 Å². The van der Waals surface area contributed by atoms with Crippen molar-refractivity contribution in [3.8, 4) is 0 Å². The van der Waals surface area contributed by atoms with E-state index in [1.807, 2.05) is 0 Å².